The Kier molecular flexibility index (Phi) is 4.88. The van der Waals surface area contributed by atoms with Crippen LogP contribution in [0.4, 0.5) is 5.69 Å². The number of nitrogens with one attached hydrogen (secondary N) is 1. The van der Waals surface area contributed by atoms with Crippen LogP contribution >= 0.6 is 0 Å². The Morgan fingerprint density at radius 1 is 1.30 bits per heavy atom. The van der Waals surface area contributed by atoms with Crippen molar-refractivity contribution in [3.8, 4) is 5.75 Å². The molecule has 0 aromatic heterocycles. The van der Waals surface area contributed by atoms with Crippen molar-refractivity contribution in [3.63, 3.8) is 0 Å². The van der Waals surface area contributed by atoms with Gasteiger partial charge in [-0.05, 0) is 37.0 Å². The number of ether oxygens (including phenoxy) is 1. The van der Waals surface area contributed by atoms with Crippen LogP contribution in [0.25, 0.3) is 0 Å². The van der Waals surface area contributed by atoms with Crippen LogP contribution in [-0.4, -0.2) is 19.1 Å². The lowest BCUT2D eigenvalue weighted by Crippen LogP contribution is -2.38. The van der Waals surface area contributed by atoms with Gasteiger partial charge < -0.3 is 15.8 Å². The van der Waals surface area contributed by atoms with E-state index in [2.05, 4.69) is 12.2 Å². The summed E-state index contributed by atoms with van der Waals surface area (Å²) in [6.07, 6.45) is 5.99. The molecule has 0 heterocycles. The minimum atomic E-state index is -0.0398. The van der Waals surface area contributed by atoms with Crippen LogP contribution in [0, 0.1) is 5.92 Å². The predicted molar refractivity (Wildman–Crippen MR) is 80.9 cm³/mol. The smallest absolute Gasteiger partial charge is 0.251 e. The fourth-order valence-corrected chi connectivity index (χ4v) is 2.81. The number of nitrogen functional groups attached to an aromatic ring is 1. The second kappa shape index (κ2) is 6.64. The number of carbonyl (C=O) groups is 1. The number of anilines is 1. The highest BCUT2D eigenvalue weighted by Crippen LogP contribution is 2.25. The lowest BCUT2D eigenvalue weighted by Gasteiger charge is -2.23. The summed E-state index contributed by atoms with van der Waals surface area (Å²) in [7, 11) is 1.56. The zero-order valence-corrected chi connectivity index (χ0v) is 12.3. The molecule has 0 aliphatic heterocycles. The molecule has 0 spiro atoms. The maximum Gasteiger partial charge on any atom is 0.251 e. The van der Waals surface area contributed by atoms with Crippen LogP contribution in [0.3, 0.4) is 0 Å². The van der Waals surface area contributed by atoms with Crippen molar-refractivity contribution in [3.05, 3.63) is 23.8 Å². The molecule has 1 amide bonds. The maximum atomic E-state index is 12.3. The first-order valence-corrected chi connectivity index (χ1v) is 7.36. The van der Waals surface area contributed by atoms with Gasteiger partial charge in [-0.1, -0.05) is 26.2 Å². The molecule has 0 saturated heterocycles. The van der Waals surface area contributed by atoms with Gasteiger partial charge in [0.15, 0.2) is 0 Å². The van der Waals surface area contributed by atoms with Gasteiger partial charge in [0.2, 0.25) is 0 Å². The fourth-order valence-electron chi connectivity index (χ4n) is 2.81. The molecule has 4 nitrogen and oxygen atoms in total. The number of nitrogens with two attached hydrogens (primary N) is 1. The van der Waals surface area contributed by atoms with Gasteiger partial charge in [-0.15, -0.1) is 0 Å². The van der Waals surface area contributed by atoms with E-state index in [1.165, 1.54) is 25.7 Å². The standard InChI is InChI=1S/C16H24N2O2/c1-11-6-4-3-5-7-14(11)18-16(19)12-8-9-13(17)15(10-12)20-2/h8-11,14H,3-7,17H2,1-2H3,(H,18,19). The molecule has 2 atom stereocenters. The summed E-state index contributed by atoms with van der Waals surface area (Å²) < 4.78 is 5.16. The van der Waals surface area contributed by atoms with Gasteiger partial charge in [-0.2, -0.15) is 0 Å². The summed E-state index contributed by atoms with van der Waals surface area (Å²) in [5.41, 5.74) is 6.92. The van der Waals surface area contributed by atoms with Crippen LogP contribution in [0.2, 0.25) is 0 Å². The summed E-state index contributed by atoms with van der Waals surface area (Å²) in [6.45, 7) is 2.22. The highest BCUT2D eigenvalue weighted by molar-refractivity contribution is 5.95. The number of carbonyl (C=O) groups excluding carboxylic acids is 1. The Hall–Kier alpha value is -1.71. The average Bonchev–Trinajstić information content (AvgIpc) is 2.64. The highest BCUT2D eigenvalue weighted by Gasteiger charge is 2.22. The molecule has 110 valence electrons. The molecular weight excluding hydrogens is 252 g/mol. The summed E-state index contributed by atoms with van der Waals surface area (Å²) in [4.78, 5) is 12.3. The summed E-state index contributed by atoms with van der Waals surface area (Å²) in [6, 6.07) is 5.43. The Bertz CT molecular complexity index is 474. The van der Waals surface area contributed by atoms with Crippen LogP contribution in [0.1, 0.15) is 49.4 Å². The Morgan fingerprint density at radius 3 is 2.80 bits per heavy atom. The van der Waals surface area contributed by atoms with Gasteiger partial charge in [0.25, 0.3) is 5.91 Å². The molecule has 0 radical (unpaired) electrons. The molecule has 3 N–H and O–H groups in total. The summed E-state index contributed by atoms with van der Waals surface area (Å²) in [5, 5.41) is 3.16. The third kappa shape index (κ3) is 3.44. The van der Waals surface area contributed by atoms with E-state index < -0.39 is 0 Å². The molecule has 20 heavy (non-hydrogen) atoms. The zero-order valence-electron chi connectivity index (χ0n) is 12.3. The quantitative estimate of drug-likeness (QED) is 0.659. The topological polar surface area (TPSA) is 64.3 Å². The Labute approximate surface area is 120 Å². The number of hydrogen-bond donors (Lipinski definition) is 2. The van der Waals surface area contributed by atoms with Crippen molar-refractivity contribution in [1.82, 2.24) is 5.32 Å². The van der Waals surface area contributed by atoms with Crippen molar-refractivity contribution in [2.45, 2.75) is 45.1 Å². The molecular formula is C16H24N2O2. The van der Waals surface area contributed by atoms with Crippen molar-refractivity contribution in [2.24, 2.45) is 5.92 Å². The fraction of sp³-hybridized carbons (Fsp3) is 0.562. The van der Waals surface area contributed by atoms with Gasteiger partial charge >= 0.3 is 0 Å². The summed E-state index contributed by atoms with van der Waals surface area (Å²) in [5.74, 6) is 1.05. The molecule has 1 aliphatic rings. The first-order chi connectivity index (χ1) is 9.61. The predicted octanol–water partition coefficient (Wildman–Crippen LogP) is 2.98. The van der Waals surface area contributed by atoms with Crippen LogP contribution in [-0.2, 0) is 0 Å². The van der Waals surface area contributed by atoms with Crippen molar-refractivity contribution in [2.75, 3.05) is 12.8 Å². The minimum absolute atomic E-state index is 0.0398. The van der Waals surface area contributed by atoms with Gasteiger partial charge in [-0.25, -0.2) is 0 Å². The van der Waals surface area contributed by atoms with Gasteiger partial charge in [0, 0.05) is 11.6 Å². The number of benzene rings is 1. The highest BCUT2D eigenvalue weighted by atomic mass is 16.5. The molecule has 1 saturated carbocycles. The van der Waals surface area contributed by atoms with E-state index in [0.29, 0.717) is 22.9 Å². The van der Waals surface area contributed by atoms with E-state index in [0.717, 1.165) is 6.42 Å². The van der Waals surface area contributed by atoms with Crippen LogP contribution < -0.4 is 15.8 Å². The molecule has 1 aromatic rings. The lowest BCUT2D eigenvalue weighted by molar-refractivity contribution is 0.0921. The lowest BCUT2D eigenvalue weighted by atomic mass is 9.96. The van der Waals surface area contributed by atoms with Gasteiger partial charge in [0.05, 0.1) is 12.8 Å². The van der Waals surface area contributed by atoms with Crippen molar-refractivity contribution >= 4 is 11.6 Å². The first-order valence-electron chi connectivity index (χ1n) is 7.36. The molecule has 1 aromatic carbocycles. The molecule has 0 bridgehead atoms. The number of methoxy groups -OCH3 is 1. The Balaban J connectivity index is 2.07. The normalized spacial score (nSPS) is 22.9. The largest absolute Gasteiger partial charge is 0.495 e. The molecule has 4 heteroatoms. The van der Waals surface area contributed by atoms with Crippen LogP contribution in [0.5, 0.6) is 5.75 Å². The van der Waals surface area contributed by atoms with E-state index in [1.807, 2.05) is 0 Å². The number of rotatable bonds is 3. The molecule has 2 rings (SSSR count). The summed E-state index contributed by atoms with van der Waals surface area (Å²) >= 11 is 0. The molecule has 2 unspecified atom stereocenters. The van der Waals surface area contributed by atoms with E-state index in [4.69, 9.17) is 10.5 Å². The van der Waals surface area contributed by atoms with Crippen LogP contribution in [0.15, 0.2) is 18.2 Å². The minimum Gasteiger partial charge on any atom is -0.495 e. The van der Waals surface area contributed by atoms with E-state index in [-0.39, 0.29) is 11.9 Å². The van der Waals surface area contributed by atoms with Gasteiger partial charge in [0.1, 0.15) is 5.75 Å². The third-order valence-corrected chi connectivity index (χ3v) is 4.17. The van der Waals surface area contributed by atoms with E-state index in [9.17, 15) is 4.79 Å². The van der Waals surface area contributed by atoms with Crippen molar-refractivity contribution in [1.29, 1.82) is 0 Å². The SMILES string of the molecule is COc1cc(C(=O)NC2CCCCCC2C)ccc1N. The molecule has 1 aliphatic carbocycles. The Morgan fingerprint density at radius 2 is 2.05 bits per heavy atom. The second-order valence-electron chi connectivity index (χ2n) is 5.65. The average molecular weight is 276 g/mol. The van der Waals surface area contributed by atoms with Crippen molar-refractivity contribution < 1.29 is 9.53 Å². The first kappa shape index (κ1) is 14.7. The number of amides is 1. The molecule has 1 fully saturated rings. The second-order valence-corrected chi connectivity index (χ2v) is 5.65. The number of hydrogen-bond acceptors (Lipinski definition) is 3. The monoisotopic (exact) mass is 276 g/mol. The van der Waals surface area contributed by atoms with Gasteiger partial charge in [-0.3, -0.25) is 4.79 Å². The maximum absolute atomic E-state index is 12.3. The van der Waals surface area contributed by atoms with E-state index >= 15 is 0 Å². The van der Waals surface area contributed by atoms with E-state index in [1.54, 1.807) is 25.3 Å². The third-order valence-electron chi connectivity index (χ3n) is 4.17. The zero-order chi connectivity index (χ0) is 14.5.